The SMILES string of the molecule is CCCCCCCCCCCCCCCC(=O)OC[C@H](COP(=O)([O-])OC[C@H]1O[C@@H](n2ccc(N)nc2=O)[C@@H](C#N)[C@@H]1O)OC(=O)CCCCCCCCCCCCCCC.[Na+]. The van der Waals surface area contributed by atoms with Gasteiger partial charge in [-0.3, -0.25) is 18.7 Å². The molecule has 17 heteroatoms. The van der Waals surface area contributed by atoms with E-state index in [1.165, 1.54) is 128 Å². The number of unbranched alkanes of at least 4 members (excludes halogenated alkanes) is 24. The van der Waals surface area contributed by atoms with Gasteiger partial charge in [-0.25, -0.2) is 4.79 Å². The molecule has 1 aliphatic rings. The summed E-state index contributed by atoms with van der Waals surface area (Å²) in [5, 5.41) is 20.4. The molecule has 2 rings (SSSR count). The number of anilines is 1. The van der Waals surface area contributed by atoms with Gasteiger partial charge in [-0.05, 0) is 18.9 Å². The Balaban J connectivity index is 0.0000192. The molecule has 15 nitrogen and oxygen atoms in total. The van der Waals surface area contributed by atoms with Crippen molar-refractivity contribution in [3.05, 3.63) is 22.7 Å². The van der Waals surface area contributed by atoms with Crippen molar-refractivity contribution < 1.29 is 77.0 Å². The van der Waals surface area contributed by atoms with E-state index >= 15 is 0 Å². The van der Waals surface area contributed by atoms with Crippen LogP contribution in [0.5, 0.6) is 0 Å². The van der Waals surface area contributed by atoms with Crippen LogP contribution in [-0.2, 0) is 37.4 Å². The monoisotopic (exact) mass is 905 g/mol. The molecule has 0 bridgehead atoms. The van der Waals surface area contributed by atoms with Crippen molar-refractivity contribution in [2.75, 3.05) is 25.6 Å². The molecule has 1 aliphatic heterocycles. The molecular weight excluding hydrogens is 826 g/mol. The maximum absolute atomic E-state index is 12.8. The predicted molar refractivity (Wildman–Crippen MR) is 233 cm³/mol. The largest absolute Gasteiger partial charge is 1.00 e. The second-order valence-electron chi connectivity index (χ2n) is 16.6. The zero-order valence-corrected chi connectivity index (χ0v) is 41.3. The van der Waals surface area contributed by atoms with Gasteiger partial charge in [0.05, 0.1) is 19.3 Å². The summed E-state index contributed by atoms with van der Waals surface area (Å²) in [5.41, 5.74) is 4.72. The Morgan fingerprint density at radius 3 is 1.71 bits per heavy atom. The van der Waals surface area contributed by atoms with Gasteiger partial charge >= 0.3 is 47.2 Å². The summed E-state index contributed by atoms with van der Waals surface area (Å²) in [6, 6.07) is 3.19. The van der Waals surface area contributed by atoms with E-state index in [0.717, 1.165) is 43.1 Å². The van der Waals surface area contributed by atoms with Crippen LogP contribution in [-0.4, -0.2) is 64.7 Å². The number of rotatable bonds is 38. The Labute approximate surface area is 393 Å². The van der Waals surface area contributed by atoms with Gasteiger partial charge in [0.25, 0.3) is 7.82 Å². The fraction of sp³-hybridized carbons (Fsp3) is 0.844. The van der Waals surface area contributed by atoms with Crippen LogP contribution in [0, 0.1) is 17.2 Å². The number of nitrogens with zero attached hydrogens (tertiary/aromatic N) is 3. The molecule has 350 valence electrons. The molecule has 1 aromatic rings. The Bertz CT molecular complexity index is 1480. The minimum atomic E-state index is -5.10. The van der Waals surface area contributed by atoms with Crippen LogP contribution in [0.4, 0.5) is 5.82 Å². The Morgan fingerprint density at radius 2 is 1.26 bits per heavy atom. The number of phosphoric acid groups is 1. The van der Waals surface area contributed by atoms with Crippen molar-refractivity contribution in [1.29, 1.82) is 5.26 Å². The third-order valence-corrected chi connectivity index (χ3v) is 12.1. The maximum Gasteiger partial charge on any atom is 1.00 e. The molecule has 1 aromatic heterocycles. The second-order valence-corrected chi connectivity index (χ2v) is 18.0. The van der Waals surface area contributed by atoms with Gasteiger partial charge in [0.2, 0.25) is 0 Å². The first-order valence-corrected chi connectivity index (χ1v) is 25.0. The molecule has 3 N–H and O–H groups in total. The Kier molecular flexibility index (Phi) is 34.1. The zero-order chi connectivity index (χ0) is 44.6. The zero-order valence-electron chi connectivity index (χ0n) is 38.4. The van der Waals surface area contributed by atoms with Gasteiger partial charge in [0.15, 0.2) is 12.3 Å². The van der Waals surface area contributed by atoms with Crippen molar-refractivity contribution in [3.63, 3.8) is 0 Å². The fourth-order valence-corrected chi connectivity index (χ4v) is 8.20. The Hall–Kier alpha value is -1.86. The van der Waals surface area contributed by atoms with Crippen LogP contribution in [0.3, 0.4) is 0 Å². The van der Waals surface area contributed by atoms with Crippen molar-refractivity contribution >= 4 is 25.6 Å². The van der Waals surface area contributed by atoms with Gasteiger partial charge in [-0.15, -0.1) is 0 Å². The molecule has 62 heavy (non-hydrogen) atoms. The molecule has 2 heterocycles. The van der Waals surface area contributed by atoms with Crippen LogP contribution >= 0.6 is 7.82 Å². The topological polar surface area (TPSA) is 225 Å². The first-order chi connectivity index (χ1) is 29.5. The molecule has 1 saturated heterocycles. The number of ether oxygens (including phenoxy) is 3. The number of hydrogen-bond donors (Lipinski definition) is 2. The van der Waals surface area contributed by atoms with Gasteiger partial charge in [-0.1, -0.05) is 168 Å². The van der Waals surface area contributed by atoms with Crippen molar-refractivity contribution in [2.45, 2.75) is 218 Å². The van der Waals surface area contributed by atoms with Crippen molar-refractivity contribution in [2.24, 2.45) is 5.92 Å². The summed E-state index contributed by atoms with van der Waals surface area (Å²) in [4.78, 5) is 54.2. The van der Waals surface area contributed by atoms with E-state index < -0.39 is 75.7 Å². The Morgan fingerprint density at radius 1 is 0.806 bits per heavy atom. The number of hydrogen-bond acceptors (Lipinski definition) is 14. The molecule has 0 radical (unpaired) electrons. The quantitative estimate of drug-likeness (QED) is 0.0329. The number of phosphoric ester groups is 1. The van der Waals surface area contributed by atoms with E-state index in [2.05, 4.69) is 18.8 Å². The van der Waals surface area contributed by atoms with Gasteiger partial charge in [0.1, 0.15) is 30.6 Å². The summed E-state index contributed by atoms with van der Waals surface area (Å²) in [6.45, 7) is 2.63. The number of nitrogen functional groups attached to an aromatic ring is 1. The van der Waals surface area contributed by atoms with E-state index in [1.54, 1.807) is 0 Å². The molecule has 1 unspecified atom stereocenters. The third kappa shape index (κ3) is 26.8. The van der Waals surface area contributed by atoms with Crippen LogP contribution in [0.25, 0.3) is 0 Å². The first kappa shape index (κ1) is 58.2. The molecule has 0 saturated carbocycles. The van der Waals surface area contributed by atoms with E-state index in [0.29, 0.717) is 12.8 Å². The smallest absolute Gasteiger partial charge is 0.756 e. The average molecular weight is 905 g/mol. The molecule has 6 atom stereocenters. The predicted octanol–water partition coefficient (Wildman–Crippen LogP) is 6.15. The van der Waals surface area contributed by atoms with Gasteiger partial charge in [0, 0.05) is 19.0 Å². The number of nitrogens with two attached hydrogens (primary N) is 1. The molecule has 0 aromatic carbocycles. The van der Waals surface area contributed by atoms with E-state index in [4.69, 9.17) is 29.0 Å². The van der Waals surface area contributed by atoms with E-state index in [1.807, 2.05) is 6.07 Å². The summed E-state index contributed by atoms with van der Waals surface area (Å²) < 4.78 is 40.4. The number of esters is 2. The number of carbonyl (C=O) groups is 2. The molecule has 0 aliphatic carbocycles. The summed E-state index contributed by atoms with van der Waals surface area (Å²) in [6.07, 6.45) is 26.6. The number of aromatic nitrogens is 2. The normalized spacial score (nSPS) is 18.7. The fourth-order valence-electron chi connectivity index (χ4n) is 7.45. The van der Waals surface area contributed by atoms with Crippen molar-refractivity contribution in [1.82, 2.24) is 9.55 Å². The standard InChI is InChI=1S/C45H79N4O11P.Na/c1-3-5-7-9-11-13-15-17-19-21-23-25-27-29-41(50)56-34-37(59-42(51)30-28-26-24-22-20-18-16-14-12-10-8-6-4-2)35-57-61(54,55)58-36-39-43(52)38(33-46)44(60-39)49-32-31-40(47)48-45(49)53;/h31-32,37-39,43-44,52H,3-30,34-36H2,1-2H3,(H,54,55)(H2,47,48,53);/q;+1/p-1/t37-,38+,39-,43+,44-;/m1./s1. The maximum atomic E-state index is 12.8. The van der Waals surface area contributed by atoms with Crippen LogP contribution in [0.2, 0.25) is 0 Å². The summed E-state index contributed by atoms with van der Waals surface area (Å²) in [5.74, 6) is -2.34. The minimum Gasteiger partial charge on any atom is -0.756 e. The van der Waals surface area contributed by atoms with Crippen LogP contribution in [0.1, 0.15) is 200 Å². The second kappa shape index (κ2) is 36.4. The first-order valence-electron chi connectivity index (χ1n) is 23.5. The molecule has 0 amide bonds. The van der Waals surface area contributed by atoms with Crippen LogP contribution in [0.15, 0.2) is 17.1 Å². The molecule has 0 spiro atoms. The van der Waals surface area contributed by atoms with E-state index in [-0.39, 0.29) is 48.2 Å². The average Bonchev–Trinajstić information content (AvgIpc) is 3.55. The number of aliphatic hydroxyl groups is 1. The molecular formula is C45H78N4NaO11P. The van der Waals surface area contributed by atoms with E-state index in [9.17, 15) is 34.2 Å². The molecule has 1 fully saturated rings. The van der Waals surface area contributed by atoms with Crippen LogP contribution < -0.4 is 45.9 Å². The van der Waals surface area contributed by atoms with Gasteiger partial charge < -0.3 is 39.0 Å². The summed E-state index contributed by atoms with van der Waals surface area (Å²) >= 11 is 0. The summed E-state index contributed by atoms with van der Waals surface area (Å²) in [7, 11) is -5.10. The third-order valence-electron chi connectivity index (χ3n) is 11.2. The number of nitriles is 1. The minimum absolute atomic E-state index is 0. The van der Waals surface area contributed by atoms with Crippen molar-refractivity contribution in [3.8, 4) is 6.07 Å². The number of aliphatic hydroxyl groups excluding tert-OH is 1. The number of carbonyl (C=O) groups excluding carboxylic acids is 2. The van der Waals surface area contributed by atoms with Gasteiger partial charge in [-0.2, -0.15) is 10.2 Å².